The number of ether oxygens (including phenoxy) is 1. The molecule has 4 N–H and O–H groups in total. The summed E-state index contributed by atoms with van der Waals surface area (Å²) in [5, 5.41) is 10.1. The molecule has 0 bridgehead atoms. The van der Waals surface area contributed by atoms with Crippen molar-refractivity contribution in [2.45, 2.75) is 44.8 Å². The van der Waals surface area contributed by atoms with E-state index in [9.17, 15) is 9.59 Å². The van der Waals surface area contributed by atoms with Gasteiger partial charge in [-0.05, 0) is 56.3 Å². The first-order chi connectivity index (χ1) is 17.4. The van der Waals surface area contributed by atoms with Crippen LogP contribution in [0.5, 0.6) is 5.75 Å². The summed E-state index contributed by atoms with van der Waals surface area (Å²) >= 11 is 0. The Kier molecular flexibility index (Phi) is 6.77. The van der Waals surface area contributed by atoms with Crippen molar-refractivity contribution in [1.82, 2.24) is 25.0 Å². The van der Waals surface area contributed by atoms with Gasteiger partial charge in [0.1, 0.15) is 17.7 Å². The number of nitrogen functional groups attached to an aromatic ring is 1. The molecule has 2 fully saturated rings. The third kappa shape index (κ3) is 4.99. The monoisotopic (exact) mass is 491 g/mol. The number of aromatic nitrogens is 3. The Morgan fingerprint density at radius 2 is 1.86 bits per heavy atom. The predicted octanol–water partition coefficient (Wildman–Crippen LogP) is 2.95. The lowest BCUT2D eigenvalue weighted by Crippen LogP contribution is -2.46. The second-order valence-electron chi connectivity index (χ2n) is 10.0. The summed E-state index contributed by atoms with van der Waals surface area (Å²) in [4.78, 5) is 34.5. The van der Waals surface area contributed by atoms with Crippen molar-refractivity contribution in [3.05, 3.63) is 42.2 Å². The van der Waals surface area contributed by atoms with Crippen molar-refractivity contribution >= 4 is 34.2 Å². The number of fused-ring (bicyclic) bond motifs is 1. The Hall–Kier alpha value is -3.66. The number of aromatic amines is 1. The number of H-pyrrole nitrogens is 1. The Bertz CT molecular complexity index is 1230. The molecule has 2 aliphatic rings. The number of rotatable bonds is 4. The average molecular weight is 492 g/mol. The Morgan fingerprint density at radius 3 is 2.61 bits per heavy atom. The van der Waals surface area contributed by atoms with E-state index in [-0.39, 0.29) is 12.1 Å². The lowest BCUT2D eigenvalue weighted by Gasteiger charge is -2.38. The number of hydrogen-bond acceptors (Lipinski definition) is 7. The van der Waals surface area contributed by atoms with Crippen molar-refractivity contribution < 1.29 is 14.3 Å². The third-order valence-corrected chi connectivity index (χ3v) is 7.27. The molecule has 190 valence electrons. The molecule has 2 atom stereocenters. The molecule has 2 aromatic heterocycles. The first-order valence-electron chi connectivity index (χ1n) is 12.5. The van der Waals surface area contributed by atoms with E-state index in [4.69, 9.17) is 10.5 Å². The minimum absolute atomic E-state index is 0.173. The zero-order chi connectivity index (χ0) is 25.2. The SMILES string of the molecule is C[C@H]1CC[C@H](c2ccc(OC3CCN(C)CC3)cc2)N(C(=O)C(=O)Nc2cnc(N)c3cn[nH]c23)C1. The largest absolute Gasteiger partial charge is 0.490 e. The lowest BCUT2D eigenvalue weighted by atomic mass is 9.89. The zero-order valence-electron chi connectivity index (χ0n) is 20.7. The lowest BCUT2D eigenvalue weighted by molar-refractivity contribution is -0.146. The molecule has 10 heteroatoms. The molecule has 0 spiro atoms. The summed E-state index contributed by atoms with van der Waals surface area (Å²) in [6.07, 6.45) is 7.02. The number of carbonyl (C=O) groups is 2. The van der Waals surface area contributed by atoms with E-state index < -0.39 is 11.8 Å². The highest BCUT2D eigenvalue weighted by molar-refractivity contribution is 6.40. The molecule has 3 aromatic rings. The van der Waals surface area contributed by atoms with Crippen LogP contribution in [-0.4, -0.2) is 69.6 Å². The van der Waals surface area contributed by atoms with Gasteiger partial charge in [-0.3, -0.25) is 14.7 Å². The normalized spacial score (nSPS) is 21.4. The van der Waals surface area contributed by atoms with E-state index in [1.807, 2.05) is 24.3 Å². The number of nitrogens with zero attached hydrogens (tertiary/aromatic N) is 4. The Morgan fingerprint density at radius 1 is 1.11 bits per heavy atom. The van der Waals surface area contributed by atoms with Crippen LogP contribution in [0.2, 0.25) is 0 Å². The van der Waals surface area contributed by atoms with Gasteiger partial charge in [-0.1, -0.05) is 19.1 Å². The van der Waals surface area contributed by atoms with Crippen LogP contribution in [0.15, 0.2) is 36.7 Å². The molecule has 4 heterocycles. The quantitative estimate of drug-likeness (QED) is 0.479. The first-order valence-corrected chi connectivity index (χ1v) is 12.5. The van der Waals surface area contributed by atoms with E-state index in [0.717, 1.165) is 50.1 Å². The van der Waals surface area contributed by atoms with E-state index in [1.54, 1.807) is 4.90 Å². The second kappa shape index (κ2) is 10.1. The van der Waals surface area contributed by atoms with Gasteiger partial charge in [0.15, 0.2) is 0 Å². The summed E-state index contributed by atoms with van der Waals surface area (Å²) in [5.74, 6) is 0.174. The number of benzene rings is 1. The molecule has 1 aromatic carbocycles. The van der Waals surface area contributed by atoms with Crippen LogP contribution >= 0.6 is 0 Å². The molecule has 2 aliphatic heterocycles. The van der Waals surface area contributed by atoms with Crippen LogP contribution in [0, 0.1) is 5.92 Å². The van der Waals surface area contributed by atoms with Gasteiger partial charge in [-0.25, -0.2) is 4.98 Å². The van der Waals surface area contributed by atoms with Crippen LogP contribution in [0.1, 0.15) is 44.2 Å². The van der Waals surface area contributed by atoms with Crippen LogP contribution in [-0.2, 0) is 9.59 Å². The van der Waals surface area contributed by atoms with Crippen molar-refractivity contribution in [2.24, 2.45) is 5.92 Å². The summed E-state index contributed by atoms with van der Waals surface area (Å²) in [6, 6.07) is 7.81. The minimum Gasteiger partial charge on any atom is -0.490 e. The van der Waals surface area contributed by atoms with Crippen molar-refractivity contribution in [3.8, 4) is 5.75 Å². The molecule has 2 saturated heterocycles. The number of piperidine rings is 2. The van der Waals surface area contributed by atoms with Gasteiger partial charge in [0.25, 0.3) is 0 Å². The number of carbonyl (C=O) groups excluding carboxylic acids is 2. The smallest absolute Gasteiger partial charge is 0.314 e. The number of likely N-dealkylation sites (tertiary alicyclic amines) is 2. The van der Waals surface area contributed by atoms with Crippen molar-refractivity contribution in [1.29, 1.82) is 0 Å². The number of amides is 2. The fourth-order valence-corrected chi connectivity index (χ4v) is 5.14. The summed E-state index contributed by atoms with van der Waals surface area (Å²) in [7, 11) is 2.13. The van der Waals surface area contributed by atoms with E-state index in [0.29, 0.717) is 34.9 Å². The minimum atomic E-state index is -0.709. The Labute approximate surface area is 210 Å². The molecule has 0 radical (unpaired) electrons. The van der Waals surface area contributed by atoms with Crippen molar-refractivity contribution in [3.63, 3.8) is 0 Å². The van der Waals surface area contributed by atoms with Gasteiger partial charge >= 0.3 is 11.8 Å². The summed E-state index contributed by atoms with van der Waals surface area (Å²) in [5.41, 5.74) is 7.78. The summed E-state index contributed by atoms with van der Waals surface area (Å²) < 4.78 is 6.18. The van der Waals surface area contributed by atoms with Crippen LogP contribution in [0.25, 0.3) is 10.9 Å². The highest BCUT2D eigenvalue weighted by atomic mass is 16.5. The molecule has 0 unspecified atom stereocenters. The van der Waals surface area contributed by atoms with Crippen LogP contribution < -0.4 is 15.8 Å². The fourth-order valence-electron chi connectivity index (χ4n) is 5.14. The third-order valence-electron chi connectivity index (χ3n) is 7.27. The second-order valence-corrected chi connectivity index (χ2v) is 10.0. The number of nitrogens with one attached hydrogen (secondary N) is 2. The number of anilines is 2. The van der Waals surface area contributed by atoms with Gasteiger partial charge in [-0.15, -0.1) is 0 Å². The van der Waals surface area contributed by atoms with E-state index >= 15 is 0 Å². The highest BCUT2D eigenvalue weighted by Crippen LogP contribution is 2.35. The Balaban J connectivity index is 1.29. The predicted molar refractivity (Wildman–Crippen MR) is 137 cm³/mol. The van der Waals surface area contributed by atoms with Crippen LogP contribution in [0.3, 0.4) is 0 Å². The maximum atomic E-state index is 13.3. The van der Waals surface area contributed by atoms with Gasteiger partial charge < -0.3 is 25.6 Å². The molecule has 5 rings (SSSR count). The maximum absolute atomic E-state index is 13.3. The molecule has 0 saturated carbocycles. The molecule has 10 nitrogen and oxygen atoms in total. The molecular formula is C26H33N7O3. The van der Waals surface area contributed by atoms with E-state index in [1.165, 1.54) is 12.4 Å². The fraction of sp³-hybridized carbons (Fsp3) is 0.462. The van der Waals surface area contributed by atoms with Gasteiger partial charge in [0, 0.05) is 19.6 Å². The number of hydrogen-bond donors (Lipinski definition) is 3. The molecular weight excluding hydrogens is 458 g/mol. The molecule has 36 heavy (non-hydrogen) atoms. The molecule has 0 aliphatic carbocycles. The van der Waals surface area contributed by atoms with Gasteiger partial charge in [0.05, 0.1) is 35.0 Å². The number of nitrogens with two attached hydrogens (primary N) is 1. The van der Waals surface area contributed by atoms with Crippen molar-refractivity contribution in [2.75, 3.05) is 37.7 Å². The van der Waals surface area contributed by atoms with E-state index in [2.05, 4.69) is 39.4 Å². The number of pyridine rings is 1. The first kappa shape index (κ1) is 24.1. The van der Waals surface area contributed by atoms with Crippen LogP contribution in [0.4, 0.5) is 11.5 Å². The summed E-state index contributed by atoms with van der Waals surface area (Å²) in [6.45, 7) is 4.70. The van der Waals surface area contributed by atoms with Gasteiger partial charge in [0.2, 0.25) is 0 Å². The maximum Gasteiger partial charge on any atom is 0.314 e. The zero-order valence-corrected chi connectivity index (χ0v) is 20.7. The van der Waals surface area contributed by atoms with Gasteiger partial charge in [-0.2, -0.15) is 5.10 Å². The molecule has 2 amide bonds. The highest BCUT2D eigenvalue weighted by Gasteiger charge is 2.34. The topological polar surface area (TPSA) is 129 Å². The average Bonchev–Trinajstić information content (AvgIpc) is 3.38. The standard InChI is InChI=1S/C26H33N7O3/c1-16-3-8-22(17-4-6-18(7-5-17)36-19-9-11-32(2)12-10-19)33(15-16)26(35)25(34)30-21-14-28-24(27)20-13-29-31-23(20)21/h4-7,13-14,16,19,22H,3,8-12,15H2,1-2H3,(H2,27,28)(H,29,31)(H,30,34)/t16-,22+/m0/s1.